The van der Waals surface area contributed by atoms with Gasteiger partial charge in [0.1, 0.15) is 5.52 Å². The van der Waals surface area contributed by atoms with Gasteiger partial charge < -0.3 is 9.84 Å². The molecular weight excluding hydrogens is 246 g/mol. The number of nitrogens with zero attached hydrogens (tertiary/aromatic N) is 3. The van der Waals surface area contributed by atoms with Crippen molar-refractivity contribution in [1.29, 1.82) is 0 Å². The number of carboxylic acid groups (broad SMARTS) is 1. The van der Waals surface area contributed by atoms with E-state index in [0.717, 1.165) is 25.1 Å². The molecule has 0 amide bonds. The van der Waals surface area contributed by atoms with Crippen molar-refractivity contribution >= 4 is 17.0 Å². The molecule has 19 heavy (non-hydrogen) atoms. The van der Waals surface area contributed by atoms with Crippen molar-refractivity contribution < 1.29 is 14.6 Å². The van der Waals surface area contributed by atoms with Gasteiger partial charge in [0.25, 0.3) is 0 Å². The molecule has 1 N–H and O–H groups in total. The first-order chi connectivity index (χ1) is 9.15. The van der Waals surface area contributed by atoms with Crippen LogP contribution in [0, 0.1) is 5.92 Å². The smallest absolute Gasteiger partial charge is 0.335 e. The fourth-order valence-corrected chi connectivity index (χ4v) is 2.48. The van der Waals surface area contributed by atoms with E-state index in [9.17, 15) is 4.79 Å². The zero-order valence-electron chi connectivity index (χ0n) is 10.6. The summed E-state index contributed by atoms with van der Waals surface area (Å²) in [5.41, 5.74) is 1.72. The Labute approximate surface area is 110 Å². The molecule has 1 aliphatic rings. The van der Waals surface area contributed by atoms with Crippen LogP contribution in [0.3, 0.4) is 0 Å². The highest BCUT2D eigenvalue weighted by Gasteiger charge is 2.25. The number of rotatable bonds is 3. The van der Waals surface area contributed by atoms with Crippen LogP contribution in [0.4, 0.5) is 0 Å². The summed E-state index contributed by atoms with van der Waals surface area (Å²) in [5, 5.41) is 17.1. The predicted molar refractivity (Wildman–Crippen MR) is 68.0 cm³/mol. The summed E-state index contributed by atoms with van der Waals surface area (Å²) < 4.78 is 7.37. The number of benzene rings is 1. The molecule has 0 radical (unpaired) electrons. The lowest BCUT2D eigenvalue weighted by molar-refractivity contribution is 0.0697. The minimum absolute atomic E-state index is 0.233. The third-order valence-electron chi connectivity index (χ3n) is 3.70. The molecule has 6 heteroatoms. The Kier molecular flexibility index (Phi) is 2.94. The summed E-state index contributed by atoms with van der Waals surface area (Å²) in [6, 6.07) is 4.90. The summed E-state index contributed by atoms with van der Waals surface area (Å²) >= 11 is 0. The van der Waals surface area contributed by atoms with Crippen molar-refractivity contribution in [2.24, 2.45) is 5.92 Å². The lowest BCUT2D eigenvalue weighted by atomic mass is 10.0. The molecule has 2 aromatic rings. The predicted octanol–water partition coefficient (Wildman–Crippen LogP) is 1.55. The second-order valence-electron chi connectivity index (χ2n) is 4.90. The Balaban J connectivity index is 1.90. The van der Waals surface area contributed by atoms with Gasteiger partial charge in [-0.2, -0.15) is 0 Å². The van der Waals surface area contributed by atoms with E-state index in [-0.39, 0.29) is 11.7 Å². The second-order valence-corrected chi connectivity index (χ2v) is 4.90. The van der Waals surface area contributed by atoms with Crippen LogP contribution in [-0.2, 0) is 11.3 Å². The highest BCUT2D eigenvalue weighted by atomic mass is 16.5. The molecule has 1 saturated heterocycles. The number of hydrogen-bond donors (Lipinski definition) is 1. The van der Waals surface area contributed by atoms with Gasteiger partial charge in [-0.25, -0.2) is 9.48 Å². The fourth-order valence-electron chi connectivity index (χ4n) is 2.48. The van der Waals surface area contributed by atoms with Gasteiger partial charge in [-0.15, -0.1) is 5.10 Å². The Hall–Kier alpha value is -1.95. The molecule has 1 fully saturated rings. The highest BCUT2D eigenvalue weighted by Crippen LogP contribution is 2.23. The lowest BCUT2D eigenvalue weighted by Crippen LogP contribution is -2.18. The van der Waals surface area contributed by atoms with Crippen molar-refractivity contribution in [1.82, 2.24) is 15.0 Å². The van der Waals surface area contributed by atoms with E-state index in [4.69, 9.17) is 9.84 Å². The quantitative estimate of drug-likeness (QED) is 0.907. The Morgan fingerprint density at radius 1 is 1.58 bits per heavy atom. The largest absolute Gasteiger partial charge is 0.478 e. The molecule has 2 unspecified atom stereocenters. The molecular formula is C13H15N3O3. The Morgan fingerprint density at radius 3 is 3.11 bits per heavy atom. The number of fused-ring (bicyclic) bond motifs is 1. The van der Waals surface area contributed by atoms with Crippen molar-refractivity contribution in [2.45, 2.75) is 26.0 Å². The fraction of sp³-hybridized carbons (Fsp3) is 0.462. The average molecular weight is 261 g/mol. The highest BCUT2D eigenvalue weighted by molar-refractivity contribution is 5.92. The number of aromatic nitrogens is 3. The van der Waals surface area contributed by atoms with Crippen LogP contribution in [0.25, 0.3) is 11.0 Å². The first-order valence-electron chi connectivity index (χ1n) is 6.33. The molecule has 0 spiro atoms. The summed E-state index contributed by atoms with van der Waals surface area (Å²) in [4.78, 5) is 10.9. The molecule has 0 aliphatic carbocycles. The molecule has 1 aliphatic heterocycles. The normalized spacial score (nSPS) is 23.0. The average Bonchev–Trinajstić information content (AvgIpc) is 2.97. The van der Waals surface area contributed by atoms with E-state index in [1.54, 1.807) is 18.2 Å². The van der Waals surface area contributed by atoms with Crippen LogP contribution < -0.4 is 0 Å². The Morgan fingerprint density at radius 2 is 2.42 bits per heavy atom. The number of carbonyl (C=O) groups is 1. The summed E-state index contributed by atoms with van der Waals surface area (Å²) in [7, 11) is 0. The first kappa shape index (κ1) is 12.1. The van der Waals surface area contributed by atoms with E-state index >= 15 is 0 Å². The van der Waals surface area contributed by atoms with Gasteiger partial charge in [0.05, 0.1) is 17.2 Å². The van der Waals surface area contributed by atoms with Gasteiger partial charge in [0.2, 0.25) is 0 Å². The van der Waals surface area contributed by atoms with Crippen LogP contribution in [-0.4, -0.2) is 38.8 Å². The molecule has 100 valence electrons. The van der Waals surface area contributed by atoms with Crippen LogP contribution >= 0.6 is 0 Å². The third kappa shape index (κ3) is 2.19. The van der Waals surface area contributed by atoms with Gasteiger partial charge in [0, 0.05) is 19.1 Å². The number of hydrogen-bond acceptors (Lipinski definition) is 4. The van der Waals surface area contributed by atoms with E-state index < -0.39 is 5.97 Å². The van der Waals surface area contributed by atoms with Crippen LogP contribution in [0.1, 0.15) is 23.7 Å². The molecule has 0 saturated carbocycles. The van der Waals surface area contributed by atoms with Gasteiger partial charge in [-0.1, -0.05) is 5.21 Å². The molecule has 2 atom stereocenters. The van der Waals surface area contributed by atoms with E-state index in [2.05, 4.69) is 17.2 Å². The van der Waals surface area contributed by atoms with Crippen LogP contribution in [0.2, 0.25) is 0 Å². The third-order valence-corrected chi connectivity index (χ3v) is 3.70. The molecule has 1 aromatic heterocycles. The van der Waals surface area contributed by atoms with Crippen LogP contribution in [0.15, 0.2) is 18.2 Å². The van der Waals surface area contributed by atoms with Crippen molar-refractivity contribution in [3.8, 4) is 0 Å². The maximum absolute atomic E-state index is 10.9. The molecule has 3 rings (SSSR count). The number of aromatic carboxylic acids is 1. The lowest BCUT2D eigenvalue weighted by Gasteiger charge is -2.13. The van der Waals surface area contributed by atoms with E-state index in [0.29, 0.717) is 11.4 Å². The summed E-state index contributed by atoms with van der Waals surface area (Å²) in [5.74, 6) is -0.515. The minimum atomic E-state index is -0.950. The maximum Gasteiger partial charge on any atom is 0.335 e. The zero-order valence-corrected chi connectivity index (χ0v) is 10.6. The summed E-state index contributed by atoms with van der Waals surface area (Å²) in [6.07, 6.45) is 1.26. The number of ether oxygens (including phenoxy) is 1. The Bertz CT molecular complexity index is 623. The van der Waals surface area contributed by atoms with Gasteiger partial charge >= 0.3 is 5.97 Å². The van der Waals surface area contributed by atoms with Crippen molar-refractivity contribution in [3.05, 3.63) is 23.8 Å². The zero-order chi connectivity index (χ0) is 13.4. The molecule has 0 bridgehead atoms. The molecule has 6 nitrogen and oxygen atoms in total. The maximum atomic E-state index is 10.9. The SMILES string of the molecule is CC1OCCC1Cn1nnc2cc(C(=O)O)ccc21. The number of carboxylic acids is 1. The summed E-state index contributed by atoms with van der Waals surface area (Å²) in [6.45, 7) is 3.62. The van der Waals surface area contributed by atoms with Gasteiger partial charge in [-0.05, 0) is 31.5 Å². The van der Waals surface area contributed by atoms with Crippen LogP contribution in [0.5, 0.6) is 0 Å². The minimum Gasteiger partial charge on any atom is -0.478 e. The van der Waals surface area contributed by atoms with Crippen molar-refractivity contribution in [3.63, 3.8) is 0 Å². The standard InChI is InChI=1S/C13H15N3O3/c1-8-10(4-5-19-8)7-16-12-3-2-9(13(17)18)6-11(12)14-15-16/h2-3,6,8,10H,4-5,7H2,1H3,(H,17,18). The van der Waals surface area contributed by atoms with E-state index in [1.165, 1.54) is 0 Å². The second kappa shape index (κ2) is 4.62. The monoisotopic (exact) mass is 261 g/mol. The topological polar surface area (TPSA) is 77.2 Å². The van der Waals surface area contributed by atoms with E-state index in [1.807, 2.05) is 4.68 Å². The van der Waals surface area contributed by atoms with Gasteiger partial charge in [-0.3, -0.25) is 0 Å². The molecule has 1 aromatic carbocycles. The first-order valence-corrected chi connectivity index (χ1v) is 6.33. The van der Waals surface area contributed by atoms with Crippen molar-refractivity contribution in [2.75, 3.05) is 6.61 Å². The van der Waals surface area contributed by atoms with Gasteiger partial charge in [0.15, 0.2) is 0 Å². The molecule has 2 heterocycles.